The van der Waals surface area contributed by atoms with Crippen molar-refractivity contribution in [3.05, 3.63) is 41.2 Å². The lowest BCUT2D eigenvalue weighted by atomic mass is 10.2. The second kappa shape index (κ2) is 6.61. The van der Waals surface area contributed by atoms with E-state index in [0.29, 0.717) is 36.5 Å². The molecule has 1 atom stereocenters. The monoisotopic (exact) mass is 363 g/mol. The minimum Gasteiger partial charge on any atom is -0.360 e. The number of carbonyl (C=O) groups is 1. The predicted octanol–water partition coefficient (Wildman–Crippen LogP) is 2.39. The minimum atomic E-state index is -3.74. The van der Waals surface area contributed by atoms with Gasteiger partial charge in [-0.2, -0.15) is 4.31 Å². The highest BCUT2D eigenvalue weighted by atomic mass is 32.2. The fraction of sp³-hybridized carbons (Fsp3) is 0.412. The first-order valence-corrected chi connectivity index (χ1v) is 9.56. The van der Waals surface area contributed by atoms with Gasteiger partial charge in [-0.1, -0.05) is 22.9 Å². The van der Waals surface area contributed by atoms with Gasteiger partial charge < -0.3 is 9.84 Å². The number of carbonyl (C=O) groups excluding carboxylic acids is 1. The van der Waals surface area contributed by atoms with Crippen LogP contribution < -0.4 is 5.32 Å². The zero-order valence-corrected chi connectivity index (χ0v) is 15.3. The summed E-state index contributed by atoms with van der Waals surface area (Å²) in [4.78, 5) is 12.8. The third kappa shape index (κ3) is 3.45. The Kier molecular flexibility index (Phi) is 4.66. The Hall–Kier alpha value is -2.19. The zero-order valence-electron chi connectivity index (χ0n) is 14.4. The number of nitrogens with zero attached hydrogens (tertiary/aromatic N) is 2. The number of aromatic nitrogens is 1. The van der Waals surface area contributed by atoms with Crippen molar-refractivity contribution < 1.29 is 17.7 Å². The number of nitrogens with one attached hydrogen (secondary N) is 1. The van der Waals surface area contributed by atoms with Crippen molar-refractivity contribution in [3.63, 3.8) is 0 Å². The molecule has 1 amide bonds. The minimum absolute atomic E-state index is 0.245. The third-order valence-electron chi connectivity index (χ3n) is 4.30. The Morgan fingerprint density at radius 1 is 1.28 bits per heavy atom. The Morgan fingerprint density at radius 3 is 2.68 bits per heavy atom. The molecule has 0 radical (unpaired) electrons. The van der Waals surface area contributed by atoms with E-state index in [1.165, 1.54) is 4.31 Å². The molecule has 1 aliphatic heterocycles. The molecule has 0 bridgehead atoms. The second-order valence-corrected chi connectivity index (χ2v) is 8.21. The van der Waals surface area contributed by atoms with Crippen molar-refractivity contribution in [2.24, 2.45) is 0 Å². The molecule has 0 saturated carbocycles. The SMILES string of the molecule is Cc1ccc(S(=O)(=O)N2CCC[C@@H]2C(=O)Nc2cc(C)on2)c(C)c1. The molecule has 3 rings (SSSR count). The van der Waals surface area contributed by atoms with Crippen molar-refractivity contribution in [3.8, 4) is 0 Å². The van der Waals surface area contributed by atoms with Gasteiger partial charge in [0.1, 0.15) is 11.8 Å². The number of hydrogen-bond acceptors (Lipinski definition) is 5. The molecule has 1 aliphatic rings. The molecular weight excluding hydrogens is 342 g/mol. The van der Waals surface area contributed by atoms with E-state index in [0.717, 1.165) is 5.56 Å². The molecular formula is C17H21N3O4S. The number of aryl methyl sites for hydroxylation is 3. The molecule has 0 unspecified atom stereocenters. The molecule has 0 aliphatic carbocycles. The fourth-order valence-corrected chi connectivity index (χ4v) is 5.00. The first-order chi connectivity index (χ1) is 11.8. The maximum absolute atomic E-state index is 13.0. The van der Waals surface area contributed by atoms with Crippen molar-refractivity contribution in [2.75, 3.05) is 11.9 Å². The first kappa shape index (κ1) is 17.6. The van der Waals surface area contributed by atoms with E-state index in [4.69, 9.17) is 4.52 Å². The summed E-state index contributed by atoms with van der Waals surface area (Å²) in [5.41, 5.74) is 1.67. The topological polar surface area (TPSA) is 92.5 Å². The van der Waals surface area contributed by atoms with Gasteiger partial charge in [-0.3, -0.25) is 4.79 Å². The molecule has 2 heterocycles. The summed E-state index contributed by atoms with van der Waals surface area (Å²) in [6.45, 7) is 5.72. The molecule has 7 nitrogen and oxygen atoms in total. The average Bonchev–Trinajstić information content (AvgIpc) is 3.16. The smallest absolute Gasteiger partial charge is 0.244 e. The summed E-state index contributed by atoms with van der Waals surface area (Å²) >= 11 is 0. The van der Waals surface area contributed by atoms with E-state index in [1.54, 1.807) is 32.0 Å². The van der Waals surface area contributed by atoms with Crippen LogP contribution in [-0.4, -0.2) is 36.4 Å². The van der Waals surface area contributed by atoms with Gasteiger partial charge >= 0.3 is 0 Å². The van der Waals surface area contributed by atoms with Crippen LogP contribution in [0.4, 0.5) is 5.82 Å². The van der Waals surface area contributed by atoms with Gasteiger partial charge in [0.25, 0.3) is 0 Å². The summed E-state index contributed by atoms with van der Waals surface area (Å²) < 4.78 is 32.3. The van der Waals surface area contributed by atoms with Crippen LogP contribution in [0.15, 0.2) is 33.7 Å². The van der Waals surface area contributed by atoms with Crippen LogP contribution in [0.1, 0.15) is 29.7 Å². The van der Waals surface area contributed by atoms with E-state index >= 15 is 0 Å². The predicted molar refractivity (Wildman–Crippen MR) is 92.7 cm³/mol. The highest BCUT2D eigenvalue weighted by Crippen LogP contribution is 2.29. The highest BCUT2D eigenvalue weighted by molar-refractivity contribution is 7.89. The molecule has 1 saturated heterocycles. The maximum atomic E-state index is 13.0. The summed E-state index contributed by atoms with van der Waals surface area (Å²) in [6, 6.07) is 6.05. The van der Waals surface area contributed by atoms with Crippen LogP contribution in [0.25, 0.3) is 0 Å². The van der Waals surface area contributed by atoms with Crippen molar-refractivity contribution in [1.29, 1.82) is 0 Å². The average molecular weight is 363 g/mol. The number of rotatable bonds is 4. The largest absolute Gasteiger partial charge is 0.360 e. The fourth-order valence-electron chi connectivity index (χ4n) is 3.14. The first-order valence-electron chi connectivity index (χ1n) is 8.12. The number of benzene rings is 1. The maximum Gasteiger partial charge on any atom is 0.244 e. The van der Waals surface area contributed by atoms with Gasteiger partial charge in [0.05, 0.1) is 4.90 Å². The lowest BCUT2D eigenvalue weighted by Crippen LogP contribution is -2.43. The van der Waals surface area contributed by atoms with Crippen LogP contribution >= 0.6 is 0 Å². The summed E-state index contributed by atoms with van der Waals surface area (Å²) in [7, 11) is -3.74. The second-order valence-electron chi connectivity index (χ2n) is 6.35. The van der Waals surface area contributed by atoms with Crippen LogP contribution in [-0.2, 0) is 14.8 Å². The number of hydrogen-bond donors (Lipinski definition) is 1. The van der Waals surface area contributed by atoms with Gasteiger partial charge in [0.15, 0.2) is 5.82 Å². The number of amides is 1. The van der Waals surface area contributed by atoms with E-state index in [-0.39, 0.29) is 10.8 Å². The quantitative estimate of drug-likeness (QED) is 0.900. The molecule has 8 heteroatoms. The van der Waals surface area contributed by atoms with Gasteiger partial charge in [-0.25, -0.2) is 8.42 Å². The molecule has 1 aromatic carbocycles. The molecule has 1 fully saturated rings. The van der Waals surface area contributed by atoms with Crippen LogP contribution in [0, 0.1) is 20.8 Å². The van der Waals surface area contributed by atoms with Gasteiger partial charge in [-0.05, 0) is 45.2 Å². The van der Waals surface area contributed by atoms with Gasteiger partial charge in [0.2, 0.25) is 15.9 Å². The van der Waals surface area contributed by atoms with E-state index in [1.807, 2.05) is 13.0 Å². The van der Waals surface area contributed by atoms with Crippen molar-refractivity contribution in [1.82, 2.24) is 9.46 Å². The molecule has 134 valence electrons. The summed E-state index contributed by atoms with van der Waals surface area (Å²) in [5.74, 6) is 0.471. The zero-order chi connectivity index (χ0) is 18.2. The van der Waals surface area contributed by atoms with Crippen LogP contribution in [0.5, 0.6) is 0 Å². The molecule has 1 aromatic heterocycles. The molecule has 0 spiro atoms. The van der Waals surface area contributed by atoms with Crippen LogP contribution in [0.2, 0.25) is 0 Å². The van der Waals surface area contributed by atoms with Gasteiger partial charge in [-0.15, -0.1) is 0 Å². The van der Waals surface area contributed by atoms with E-state index < -0.39 is 16.1 Å². The molecule has 25 heavy (non-hydrogen) atoms. The van der Waals surface area contributed by atoms with Crippen LogP contribution in [0.3, 0.4) is 0 Å². The molecule has 2 aromatic rings. The summed E-state index contributed by atoms with van der Waals surface area (Å²) in [6.07, 6.45) is 1.12. The lowest BCUT2D eigenvalue weighted by molar-refractivity contribution is -0.119. The Bertz CT molecular complexity index is 904. The number of anilines is 1. The Balaban J connectivity index is 1.86. The van der Waals surface area contributed by atoms with Crippen molar-refractivity contribution in [2.45, 2.75) is 44.6 Å². The van der Waals surface area contributed by atoms with Crippen molar-refractivity contribution >= 4 is 21.7 Å². The van der Waals surface area contributed by atoms with Gasteiger partial charge in [0, 0.05) is 12.6 Å². The van der Waals surface area contributed by atoms with E-state index in [9.17, 15) is 13.2 Å². The lowest BCUT2D eigenvalue weighted by Gasteiger charge is -2.24. The normalized spacial score (nSPS) is 18.4. The molecule has 1 N–H and O–H groups in total. The summed E-state index contributed by atoms with van der Waals surface area (Å²) in [5, 5.41) is 6.35. The standard InChI is InChI=1S/C17H21N3O4S/c1-11-6-7-15(12(2)9-11)25(22,23)20-8-4-5-14(20)17(21)18-16-10-13(3)24-19-16/h6-7,9-10,14H,4-5,8H2,1-3H3,(H,18,19,21)/t14-/m1/s1. The Morgan fingerprint density at radius 2 is 2.04 bits per heavy atom. The highest BCUT2D eigenvalue weighted by Gasteiger charge is 2.40. The van der Waals surface area contributed by atoms with E-state index in [2.05, 4.69) is 10.5 Å². The Labute approximate surface area is 147 Å². The third-order valence-corrected chi connectivity index (χ3v) is 6.37. The number of sulfonamides is 1.